The molecule has 0 spiro atoms. The first kappa shape index (κ1) is 4.77. The van der Waals surface area contributed by atoms with Crippen molar-refractivity contribution in [2.75, 3.05) is 0 Å². The van der Waals surface area contributed by atoms with Crippen LogP contribution >= 0.6 is 0 Å². The maximum atomic E-state index is 9.09. The molecule has 0 aromatic heterocycles. The average Bonchev–Trinajstić information content (AvgIpc) is 2.23. The van der Waals surface area contributed by atoms with Crippen molar-refractivity contribution >= 4 is 0 Å². The molecule has 0 saturated carbocycles. The SMILES string of the molecule is O[C@@H]1C[C@H]2CC[C@H]1O2. The maximum Gasteiger partial charge on any atom is 0.0839 e. The summed E-state index contributed by atoms with van der Waals surface area (Å²) in [5, 5.41) is 9.09. The van der Waals surface area contributed by atoms with Crippen LogP contribution in [0.1, 0.15) is 19.3 Å². The summed E-state index contributed by atoms with van der Waals surface area (Å²) in [4.78, 5) is 0. The largest absolute Gasteiger partial charge is 0.390 e. The van der Waals surface area contributed by atoms with Crippen LogP contribution in [0.25, 0.3) is 0 Å². The maximum absolute atomic E-state index is 9.09. The van der Waals surface area contributed by atoms with Gasteiger partial charge in [0.05, 0.1) is 18.3 Å². The zero-order valence-electron chi connectivity index (χ0n) is 4.71. The van der Waals surface area contributed by atoms with Crippen molar-refractivity contribution in [3.05, 3.63) is 0 Å². The molecular weight excluding hydrogens is 104 g/mol. The second-order valence-electron chi connectivity index (χ2n) is 2.68. The van der Waals surface area contributed by atoms with Gasteiger partial charge in [-0.25, -0.2) is 0 Å². The van der Waals surface area contributed by atoms with E-state index in [1.807, 2.05) is 0 Å². The Balaban J connectivity index is 2.11. The van der Waals surface area contributed by atoms with E-state index in [0.29, 0.717) is 6.10 Å². The standard InChI is InChI=1S/C6H10O2/c7-5-3-4-1-2-6(5)8-4/h4-7H,1-3H2/t4-,5-,6-/m1/s1. The molecule has 2 nitrogen and oxygen atoms in total. The van der Waals surface area contributed by atoms with Crippen LogP contribution in [0.15, 0.2) is 0 Å². The fourth-order valence-electron chi connectivity index (χ4n) is 1.61. The molecule has 2 saturated heterocycles. The van der Waals surface area contributed by atoms with Crippen molar-refractivity contribution in [1.82, 2.24) is 0 Å². The molecular formula is C6H10O2. The van der Waals surface area contributed by atoms with Gasteiger partial charge in [0.1, 0.15) is 0 Å². The van der Waals surface area contributed by atoms with Gasteiger partial charge in [-0.1, -0.05) is 0 Å². The summed E-state index contributed by atoms with van der Waals surface area (Å²) in [5.41, 5.74) is 0. The number of hydrogen-bond acceptors (Lipinski definition) is 2. The molecule has 2 aliphatic rings. The van der Waals surface area contributed by atoms with Gasteiger partial charge in [0.25, 0.3) is 0 Å². The van der Waals surface area contributed by atoms with Crippen molar-refractivity contribution in [2.45, 2.75) is 37.6 Å². The number of ether oxygens (including phenoxy) is 1. The lowest BCUT2D eigenvalue weighted by Gasteiger charge is -2.10. The third-order valence-electron chi connectivity index (χ3n) is 2.07. The lowest BCUT2D eigenvalue weighted by molar-refractivity contribution is 0.0536. The molecule has 0 amide bonds. The van der Waals surface area contributed by atoms with Crippen LogP contribution < -0.4 is 0 Å². The van der Waals surface area contributed by atoms with Gasteiger partial charge >= 0.3 is 0 Å². The Bertz CT molecular complexity index is 101. The molecule has 0 aromatic rings. The molecule has 2 heteroatoms. The molecule has 0 aromatic carbocycles. The van der Waals surface area contributed by atoms with Gasteiger partial charge in [0.15, 0.2) is 0 Å². The number of rotatable bonds is 0. The molecule has 2 rings (SSSR count). The molecule has 1 N–H and O–H groups in total. The van der Waals surface area contributed by atoms with Crippen LogP contribution in [0.3, 0.4) is 0 Å². The fraction of sp³-hybridized carbons (Fsp3) is 1.00. The zero-order chi connectivity index (χ0) is 5.56. The third-order valence-corrected chi connectivity index (χ3v) is 2.07. The van der Waals surface area contributed by atoms with E-state index in [4.69, 9.17) is 9.84 Å². The van der Waals surface area contributed by atoms with Gasteiger partial charge in [-0.05, 0) is 12.8 Å². The van der Waals surface area contributed by atoms with E-state index < -0.39 is 0 Å². The third kappa shape index (κ3) is 0.501. The summed E-state index contributed by atoms with van der Waals surface area (Å²) in [6.45, 7) is 0. The Morgan fingerprint density at radius 1 is 1.38 bits per heavy atom. The second-order valence-corrected chi connectivity index (χ2v) is 2.68. The zero-order valence-corrected chi connectivity index (χ0v) is 4.71. The lowest BCUT2D eigenvalue weighted by atomic mass is 9.98. The fourth-order valence-corrected chi connectivity index (χ4v) is 1.61. The van der Waals surface area contributed by atoms with Gasteiger partial charge < -0.3 is 9.84 Å². The van der Waals surface area contributed by atoms with Crippen molar-refractivity contribution in [3.8, 4) is 0 Å². The Morgan fingerprint density at radius 3 is 2.50 bits per heavy atom. The van der Waals surface area contributed by atoms with E-state index in [2.05, 4.69) is 0 Å². The monoisotopic (exact) mass is 114 g/mol. The molecule has 3 atom stereocenters. The molecule has 46 valence electrons. The Morgan fingerprint density at radius 2 is 2.25 bits per heavy atom. The summed E-state index contributed by atoms with van der Waals surface area (Å²) in [6, 6.07) is 0. The summed E-state index contributed by atoms with van der Waals surface area (Å²) in [5.74, 6) is 0. The smallest absolute Gasteiger partial charge is 0.0839 e. The summed E-state index contributed by atoms with van der Waals surface area (Å²) >= 11 is 0. The van der Waals surface area contributed by atoms with Gasteiger partial charge in [-0.3, -0.25) is 0 Å². The van der Waals surface area contributed by atoms with E-state index in [0.717, 1.165) is 12.8 Å². The first-order chi connectivity index (χ1) is 3.86. The quantitative estimate of drug-likeness (QED) is 0.490. The van der Waals surface area contributed by atoms with Crippen LogP contribution in [0.2, 0.25) is 0 Å². The number of aliphatic hydroxyl groups excluding tert-OH is 1. The van der Waals surface area contributed by atoms with Crippen LogP contribution in [-0.4, -0.2) is 23.4 Å². The lowest BCUT2D eigenvalue weighted by Crippen LogP contribution is -2.20. The average molecular weight is 114 g/mol. The summed E-state index contributed by atoms with van der Waals surface area (Å²) in [6.07, 6.45) is 3.57. The Labute approximate surface area is 48.5 Å². The molecule has 0 aliphatic carbocycles. The van der Waals surface area contributed by atoms with Crippen LogP contribution in [-0.2, 0) is 4.74 Å². The van der Waals surface area contributed by atoms with E-state index in [-0.39, 0.29) is 12.2 Å². The minimum absolute atomic E-state index is 0.145. The van der Waals surface area contributed by atoms with Gasteiger partial charge in [-0.15, -0.1) is 0 Å². The Kier molecular flexibility index (Phi) is 0.866. The first-order valence-electron chi connectivity index (χ1n) is 3.20. The highest BCUT2D eigenvalue weighted by atomic mass is 16.5. The van der Waals surface area contributed by atoms with Crippen LogP contribution in [0.5, 0.6) is 0 Å². The highest BCUT2D eigenvalue weighted by molar-refractivity contribution is 4.88. The topological polar surface area (TPSA) is 29.5 Å². The van der Waals surface area contributed by atoms with Crippen LogP contribution in [0, 0.1) is 0 Å². The summed E-state index contributed by atoms with van der Waals surface area (Å²) < 4.78 is 5.33. The number of fused-ring (bicyclic) bond motifs is 2. The predicted octanol–water partition coefficient (Wildman–Crippen LogP) is 0.299. The summed E-state index contributed by atoms with van der Waals surface area (Å²) in [7, 11) is 0. The van der Waals surface area contributed by atoms with Gasteiger partial charge in [0.2, 0.25) is 0 Å². The van der Waals surface area contributed by atoms with Gasteiger partial charge in [0, 0.05) is 6.42 Å². The minimum Gasteiger partial charge on any atom is -0.390 e. The second kappa shape index (κ2) is 1.45. The minimum atomic E-state index is -0.145. The molecule has 2 bridgehead atoms. The van der Waals surface area contributed by atoms with E-state index in [1.165, 1.54) is 6.42 Å². The van der Waals surface area contributed by atoms with Crippen LogP contribution in [0.4, 0.5) is 0 Å². The highest BCUT2D eigenvalue weighted by Crippen LogP contribution is 2.33. The van der Waals surface area contributed by atoms with E-state index in [9.17, 15) is 0 Å². The van der Waals surface area contributed by atoms with Crippen molar-refractivity contribution < 1.29 is 9.84 Å². The molecule has 2 heterocycles. The molecule has 2 fully saturated rings. The molecule has 2 aliphatic heterocycles. The van der Waals surface area contributed by atoms with E-state index in [1.54, 1.807) is 0 Å². The van der Waals surface area contributed by atoms with E-state index >= 15 is 0 Å². The predicted molar refractivity (Wildman–Crippen MR) is 28.5 cm³/mol. The molecule has 8 heavy (non-hydrogen) atoms. The normalized spacial score (nSPS) is 52.9. The van der Waals surface area contributed by atoms with Gasteiger partial charge in [-0.2, -0.15) is 0 Å². The first-order valence-corrected chi connectivity index (χ1v) is 3.20. The van der Waals surface area contributed by atoms with Crippen molar-refractivity contribution in [1.29, 1.82) is 0 Å². The number of hydrogen-bond donors (Lipinski definition) is 1. The molecule has 0 radical (unpaired) electrons. The van der Waals surface area contributed by atoms with Crippen molar-refractivity contribution in [2.24, 2.45) is 0 Å². The number of aliphatic hydroxyl groups is 1. The van der Waals surface area contributed by atoms with Crippen molar-refractivity contribution in [3.63, 3.8) is 0 Å². The highest BCUT2D eigenvalue weighted by Gasteiger charge is 2.39. The molecule has 0 unspecified atom stereocenters. The Hall–Kier alpha value is -0.0800.